The third-order valence-corrected chi connectivity index (χ3v) is 5.45. The molecule has 0 atom stereocenters. The Morgan fingerprint density at radius 2 is 1.61 bits per heavy atom. The lowest BCUT2D eigenvalue weighted by atomic mass is 9.87. The summed E-state index contributed by atoms with van der Waals surface area (Å²) in [6.45, 7) is 10.3. The number of hydrogen-bond donors (Lipinski definition) is 1. The van der Waals surface area contributed by atoms with Crippen LogP contribution in [-0.4, -0.2) is 29.8 Å². The van der Waals surface area contributed by atoms with E-state index in [2.05, 4.69) is 33.0 Å². The van der Waals surface area contributed by atoms with E-state index in [1.165, 1.54) is 5.56 Å². The fourth-order valence-corrected chi connectivity index (χ4v) is 3.45. The minimum absolute atomic E-state index is 0.0394. The maximum atomic E-state index is 12.8. The van der Waals surface area contributed by atoms with Gasteiger partial charge in [-0.05, 0) is 60.1 Å². The predicted octanol–water partition coefficient (Wildman–Crippen LogP) is 5.11. The lowest BCUT2D eigenvalue weighted by Gasteiger charge is -2.30. The summed E-state index contributed by atoms with van der Waals surface area (Å²) in [6, 6.07) is 14.9. The first-order chi connectivity index (χ1) is 13.2. The minimum atomic E-state index is -0.170. The number of anilines is 1. The van der Waals surface area contributed by atoms with Gasteiger partial charge in [-0.3, -0.25) is 9.59 Å². The highest BCUT2D eigenvalue weighted by Gasteiger charge is 2.21. The van der Waals surface area contributed by atoms with Crippen molar-refractivity contribution in [3.8, 4) is 0 Å². The molecular formula is C24H30N2O2. The summed E-state index contributed by atoms with van der Waals surface area (Å²) in [6.07, 6.45) is 2.10. The molecule has 2 aromatic carbocycles. The van der Waals surface area contributed by atoms with Crippen molar-refractivity contribution in [1.29, 1.82) is 0 Å². The Kier molecular flexibility index (Phi) is 5.87. The summed E-state index contributed by atoms with van der Waals surface area (Å²) >= 11 is 0. The Labute approximate surface area is 167 Å². The Morgan fingerprint density at radius 1 is 0.964 bits per heavy atom. The van der Waals surface area contributed by atoms with Gasteiger partial charge in [0.1, 0.15) is 0 Å². The van der Waals surface area contributed by atoms with Gasteiger partial charge in [-0.15, -0.1) is 0 Å². The molecule has 1 aliphatic heterocycles. The van der Waals surface area contributed by atoms with Gasteiger partial charge < -0.3 is 10.2 Å². The number of likely N-dealkylation sites (tertiary alicyclic amines) is 1. The molecule has 1 heterocycles. The van der Waals surface area contributed by atoms with Crippen LogP contribution in [0.25, 0.3) is 0 Å². The van der Waals surface area contributed by atoms with Gasteiger partial charge in [0.25, 0.3) is 11.8 Å². The Bertz CT molecular complexity index is 842. The summed E-state index contributed by atoms with van der Waals surface area (Å²) in [5, 5.41) is 2.91. The summed E-state index contributed by atoms with van der Waals surface area (Å²) in [5.74, 6) is 0.550. The van der Waals surface area contributed by atoms with Crippen LogP contribution in [0, 0.1) is 5.92 Å². The highest BCUT2D eigenvalue weighted by Crippen LogP contribution is 2.23. The third kappa shape index (κ3) is 4.80. The SMILES string of the molecule is CC1CCN(C(=O)c2cccc(NC(=O)c3ccc(C(C)(C)C)cc3)c2)CC1. The number of nitrogens with zero attached hydrogens (tertiary/aromatic N) is 1. The highest BCUT2D eigenvalue weighted by molar-refractivity contribution is 6.05. The van der Waals surface area contributed by atoms with E-state index < -0.39 is 0 Å². The first kappa shape index (κ1) is 20.1. The first-order valence-corrected chi connectivity index (χ1v) is 10.1. The number of piperidine rings is 1. The number of carbonyl (C=O) groups excluding carboxylic acids is 2. The van der Waals surface area contributed by atoms with Crippen molar-refractivity contribution >= 4 is 17.5 Å². The lowest BCUT2D eigenvalue weighted by molar-refractivity contribution is 0.0697. The second kappa shape index (κ2) is 8.17. The third-order valence-electron chi connectivity index (χ3n) is 5.45. The molecule has 0 aliphatic carbocycles. The van der Waals surface area contributed by atoms with Crippen LogP contribution < -0.4 is 5.32 Å². The van der Waals surface area contributed by atoms with Crippen LogP contribution in [0.2, 0.25) is 0 Å². The maximum Gasteiger partial charge on any atom is 0.255 e. The quantitative estimate of drug-likeness (QED) is 0.807. The number of amides is 2. The van der Waals surface area contributed by atoms with Crippen molar-refractivity contribution < 1.29 is 9.59 Å². The molecule has 0 aromatic heterocycles. The maximum absolute atomic E-state index is 12.8. The van der Waals surface area contributed by atoms with Crippen molar-refractivity contribution in [1.82, 2.24) is 4.90 Å². The van der Waals surface area contributed by atoms with Gasteiger partial charge in [0, 0.05) is 29.9 Å². The van der Waals surface area contributed by atoms with Crippen LogP contribution >= 0.6 is 0 Å². The van der Waals surface area contributed by atoms with Gasteiger partial charge >= 0.3 is 0 Å². The van der Waals surface area contributed by atoms with E-state index in [0.717, 1.165) is 25.9 Å². The second-order valence-corrected chi connectivity index (χ2v) is 8.84. The lowest BCUT2D eigenvalue weighted by Crippen LogP contribution is -2.37. The Hall–Kier alpha value is -2.62. The molecule has 2 amide bonds. The van der Waals surface area contributed by atoms with Gasteiger partial charge in [-0.2, -0.15) is 0 Å². The molecule has 148 valence electrons. The van der Waals surface area contributed by atoms with E-state index in [1.54, 1.807) is 6.07 Å². The molecule has 1 aliphatic rings. The second-order valence-electron chi connectivity index (χ2n) is 8.84. The molecule has 0 radical (unpaired) electrons. The molecule has 0 spiro atoms. The molecule has 28 heavy (non-hydrogen) atoms. The Balaban J connectivity index is 1.68. The van der Waals surface area contributed by atoms with Crippen LogP contribution in [0.3, 0.4) is 0 Å². The first-order valence-electron chi connectivity index (χ1n) is 10.1. The molecule has 3 rings (SSSR count). The molecule has 0 bridgehead atoms. The summed E-state index contributed by atoms with van der Waals surface area (Å²) in [4.78, 5) is 27.3. The van der Waals surface area contributed by atoms with E-state index in [-0.39, 0.29) is 17.2 Å². The monoisotopic (exact) mass is 378 g/mol. The molecule has 0 saturated carbocycles. The number of rotatable bonds is 3. The van der Waals surface area contributed by atoms with E-state index in [9.17, 15) is 9.59 Å². The van der Waals surface area contributed by atoms with E-state index >= 15 is 0 Å². The zero-order valence-electron chi connectivity index (χ0n) is 17.3. The molecule has 1 saturated heterocycles. The topological polar surface area (TPSA) is 49.4 Å². The van der Waals surface area contributed by atoms with Crippen molar-refractivity contribution in [2.75, 3.05) is 18.4 Å². The minimum Gasteiger partial charge on any atom is -0.339 e. The average Bonchev–Trinajstić information content (AvgIpc) is 2.67. The largest absolute Gasteiger partial charge is 0.339 e. The summed E-state index contributed by atoms with van der Waals surface area (Å²) in [5.41, 5.74) is 3.11. The van der Waals surface area contributed by atoms with Crippen LogP contribution in [0.4, 0.5) is 5.69 Å². The van der Waals surface area contributed by atoms with Crippen LogP contribution in [-0.2, 0) is 5.41 Å². The molecule has 0 unspecified atom stereocenters. The molecule has 4 heteroatoms. The molecule has 4 nitrogen and oxygen atoms in total. The van der Waals surface area contributed by atoms with E-state index in [1.807, 2.05) is 47.4 Å². The normalized spacial score (nSPS) is 15.4. The molecule has 1 fully saturated rings. The van der Waals surface area contributed by atoms with Crippen molar-refractivity contribution in [2.45, 2.75) is 46.0 Å². The number of carbonyl (C=O) groups is 2. The smallest absolute Gasteiger partial charge is 0.255 e. The van der Waals surface area contributed by atoms with Gasteiger partial charge in [0.2, 0.25) is 0 Å². The zero-order valence-corrected chi connectivity index (χ0v) is 17.3. The predicted molar refractivity (Wildman–Crippen MR) is 114 cm³/mol. The van der Waals surface area contributed by atoms with Gasteiger partial charge in [-0.1, -0.05) is 45.9 Å². The van der Waals surface area contributed by atoms with Crippen LogP contribution in [0.5, 0.6) is 0 Å². The molecule has 2 aromatic rings. The molecular weight excluding hydrogens is 348 g/mol. The number of hydrogen-bond acceptors (Lipinski definition) is 2. The van der Waals surface area contributed by atoms with Crippen LogP contribution in [0.15, 0.2) is 48.5 Å². The summed E-state index contributed by atoms with van der Waals surface area (Å²) in [7, 11) is 0. The van der Waals surface area contributed by atoms with Crippen molar-refractivity contribution in [3.63, 3.8) is 0 Å². The van der Waals surface area contributed by atoms with Crippen molar-refractivity contribution in [2.24, 2.45) is 5.92 Å². The fourth-order valence-electron chi connectivity index (χ4n) is 3.45. The standard InChI is InChI=1S/C24H30N2O2/c1-17-12-14-26(15-13-17)23(28)19-6-5-7-21(16-19)25-22(27)18-8-10-20(11-9-18)24(2,3)4/h5-11,16-17H,12-15H2,1-4H3,(H,25,27). The van der Waals surface area contributed by atoms with Gasteiger partial charge in [0.15, 0.2) is 0 Å². The Morgan fingerprint density at radius 3 is 2.21 bits per heavy atom. The fraction of sp³-hybridized carbons (Fsp3) is 0.417. The number of benzene rings is 2. The van der Waals surface area contributed by atoms with Crippen LogP contribution in [0.1, 0.15) is 66.8 Å². The van der Waals surface area contributed by atoms with Gasteiger partial charge in [0.05, 0.1) is 0 Å². The van der Waals surface area contributed by atoms with Gasteiger partial charge in [-0.25, -0.2) is 0 Å². The van der Waals surface area contributed by atoms with E-state index in [4.69, 9.17) is 0 Å². The summed E-state index contributed by atoms with van der Waals surface area (Å²) < 4.78 is 0. The zero-order chi connectivity index (χ0) is 20.3. The van der Waals surface area contributed by atoms with E-state index in [0.29, 0.717) is 22.7 Å². The number of nitrogens with one attached hydrogen (secondary N) is 1. The highest BCUT2D eigenvalue weighted by atomic mass is 16.2. The molecule has 1 N–H and O–H groups in total. The average molecular weight is 379 g/mol. The van der Waals surface area contributed by atoms with Crippen molar-refractivity contribution in [3.05, 3.63) is 65.2 Å².